The molecule has 7 heteroatoms. The first kappa shape index (κ1) is 21.1. The van der Waals surface area contributed by atoms with Crippen LogP contribution in [0.3, 0.4) is 0 Å². The number of halogens is 1. The Labute approximate surface area is 175 Å². The summed E-state index contributed by atoms with van der Waals surface area (Å²) in [6.45, 7) is 3.98. The van der Waals surface area contributed by atoms with E-state index < -0.39 is 24.1 Å². The van der Waals surface area contributed by atoms with E-state index in [-0.39, 0.29) is 13.0 Å². The number of nitrogens with one attached hydrogen (secondary N) is 1. The first-order chi connectivity index (χ1) is 14.0. The second-order valence-corrected chi connectivity index (χ2v) is 7.05. The van der Waals surface area contributed by atoms with E-state index in [2.05, 4.69) is 5.32 Å². The minimum atomic E-state index is -0.999. The number of rotatable bonds is 6. The van der Waals surface area contributed by atoms with Crippen LogP contribution in [-0.4, -0.2) is 31.7 Å². The van der Waals surface area contributed by atoms with Gasteiger partial charge in [0.05, 0.1) is 20.1 Å². The molecule has 3 rings (SSSR count). The van der Waals surface area contributed by atoms with Gasteiger partial charge in [-0.3, -0.25) is 9.59 Å². The number of hydrogen-bond acceptors (Lipinski definition) is 5. The second-order valence-electron chi connectivity index (χ2n) is 6.62. The van der Waals surface area contributed by atoms with Gasteiger partial charge in [0, 0.05) is 16.3 Å². The van der Waals surface area contributed by atoms with E-state index in [0.717, 1.165) is 22.4 Å². The average Bonchev–Trinajstić information content (AvgIpc) is 2.84. The number of carbonyl (C=O) groups is 2. The maximum absolute atomic E-state index is 12.8. The van der Waals surface area contributed by atoms with Crippen molar-refractivity contribution in [1.29, 1.82) is 0 Å². The van der Waals surface area contributed by atoms with Crippen molar-refractivity contribution in [3.63, 3.8) is 0 Å². The number of amides is 1. The van der Waals surface area contributed by atoms with Crippen LogP contribution in [0, 0.1) is 0 Å². The summed E-state index contributed by atoms with van der Waals surface area (Å²) in [5.41, 5.74) is 3.15. The fourth-order valence-corrected chi connectivity index (χ4v) is 3.71. The van der Waals surface area contributed by atoms with Crippen LogP contribution in [0.1, 0.15) is 43.1 Å². The first-order valence-electron chi connectivity index (χ1n) is 9.55. The molecule has 29 heavy (non-hydrogen) atoms. The number of methoxy groups -OCH3 is 1. The van der Waals surface area contributed by atoms with Gasteiger partial charge in [-0.25, -0.2) is 0 Å². The van der Waals surface area contributed by atoms with E-state index in [1.165, 1.54) is 0 Å². The largest absolute Gasteiger partial charge is 0.496 e. The molecule has 0 bridgehead atoms. The molecule has 2 aromatic rings. The SMILES string of the molecule is CCOC(=O)C[C@H]1O[C@H](c2cccc(OC)c2CC)c2cc(Cl)ccc2NC1=O. The number of hydrogen-bond donors (Lipinski definition) is 1. The summed E-state index contributed by atoms with van der Waals surface area (Å²) in [5, 5.41) is 3.38. The van der Waals surface area contributed by atoms with Crippen molar-refractivity contribution in [1.82, 2.24) is 0 Å². The Kier molecular flexibility index (Phi) is 6.77. The molecule has 1 aliphatic rings. The molecule has 0 radical (unpaired) electrons. The summed E-state index contributed by atoms with van der Waals surface area (Å²) in [4.78, 5) is 24.8. The van der Waals surface area contributed by atoms with Gasteiger partial charge >= 0.3 is 5.97 Å². The van der Waals surface area contributed by atoms with Crippen LogP contribution in [0.25, 0.3) is 0 Å². The Morgan fingerprint density at radius 2 is 2.00 bits per heavy atom. The zero-order chi connectivity index (χ0) is 21.0. The quantitative estimate of drug-likeness (QED) is 0.709. The van der Waals surface area contributed by atoms with E-state index >= 15 is 0 Å². The number of anilines is 1. The number of ether oxygens (including phenoxy) is 3. The highest BCUT2D eigenvalue weighted by Gasteiger charge is 2.34. The van der Waals surface area contributed by atoms with Crippen LogP contribution in [0.5, 0.6) is 5.75 Å². The molecule has 0 unspecified atom stereocenters. The van der Waals surface area contributed by atoms with Gasteiger partial charge < -0.3 is 19.5 Å². The lowest BCUT2D eigenvalue weighted by molar-refractivity contribution is -0.150. The van der Waals surface area contributed by atoms with E-state index in [9.17, 15) is 9.59 Å². The lowest BCUT2D eigenvalue weighted by Gasteiger charge is -2.24. The normalized spacial score (nSPS) is 18.4. The number of carbonyl (C=O) groups excluding carboxylic acids is 2. The van der Waals surface area contributed by atoms with Crippen molar-refractivity contribution >= 4 is 29.2 Å². The number of benzene rings is 2. The predicted molar refractivity (Wildman–Crippen MR) is 110 cm³/mol. The third kappa shape index (κ3) is 4.54. The zero-order valence-corrected chi connectivity index (χ0v) is 17.4. The third-order valence-electron chi connectivity index (χ3n) is 4.83. The maximum Gasteiger partial charge on any atom is 0.308 e. The van der Waals surface area contributed by atoms with Crippen LogP contribution in [0.2, 0.25) is 5.02 Å². The highest BCUT2D eigenvalue weighted by molar-refractivity contribution is 6.30. The summed E-state index contributed by atoms with van der Waals surface area (Å²) < 4.78 is 16.8. The topological polar surface area (TPSA) is 73.9 Å². The minimum Gasteiger partial charge on any atom is -0.496 e. The highest BCUT2D eigenvalue weighted by Crippen LogP contribution is 2.40. The number of esters is 1. The van der Waals surface area contributed by atoms with Gasteiger partial charge in [-0.2, -0.15) is 0 Å². The van der Waals surface area contributed by atoms with Crippen molar-refractivity contribution < 1.29 is 23.8 Å². The van der Waals surface area contributed by atoms with Crippen molar-refractivity contribution in [3.8, 4) is 5.75 Å². The summed E-state index contributed by atoms with van der Waals surface area (Å²) in [5.74, 6) is -0.149. The van der Waals surface area contributed by atoms with Gasteiger partial charge in [-0.15, -0.1) is 0 Å². The fraction of sp³-hybridized carbons (Fsp3) is 0.364. The lowest BCUT2D eigenvalue weighted by Crippen LogP contribution is -2.32. The van der Waals surface area contributed by atoms with Crippen LogP contribution in [-0.2, 0) is 25.5 Å². The van der Waals surface area contributed by atoms with Gasteiger partial charge in [0.1, 0.15) is 18.0 Å². The first-order valence-corrected chi connectivity index (χ1v) is 9.93. The second kappa shape index (κ2) is 9.29. The maximum atomic E-state index is 12.8. The standard InChI is InChI=1S/C22H24ClNO5/c1-4-14-15(7-6-8-18(14)27-3)21-16-11-13(23)9-10-17(16)24-22(26)19(29-21)12-20(25)28-5-2/h6-11,19,21H,4-5,12H2,1-3H3,(H,24,26)/t19-,21-/m1/s1. The van der Waals surface area contributed by atoms with Crippen molar-refractivity contribution in [2.45, 2.75) is 38.9 Å². The monoisotopic (exact) mass is 417 g/mol. The zero-order valence-electron chi connectivity index (χ0n) is 16.7. The molecule has 0 fully saturated rings. The van der Waals surface area contributed by atoms with Gasteiger partial charge in [0.25, 0.3) is 5.91 Å². The summed E-state index contributed by atoms with van der Waals surface area (Å²) in [6, 6.07) is 10.9. The molecule has 6 nitrogen and oxygen atoms in total. The van der Waals surface area contributed by atoms with E-state index in [1.807, 2.05) is 25.1 Å². The Morgan fingerprint density at radius 1 is 1.21 bits per heavy atom. The molecular formula is C22H24ClNO5. The van der Waals surface area contributed by atoms with Crippen molar-refractivity contribution in [3.05, 3.63) is 58.1 Å². The van der Waals surface area contributed by atoms with E-state index in [1.54, 1.807) is 32.2 Å². The summed E-state index contributed by atoms with van der Waals surface area (Å²) >= 11 is 6.25. The molecule has 0 spiro atoms. The molecule has 0 aliphatic carbocycles. The third-order valence-corrected chi connectivity index (χ3v) is 5.06. The molecule has 0 saturated heterocycles. The molecule has 1 amide bonds. The van der Waals surface area contributed by atoms with Gasteiger partial charge in [-0.05, 0) is 48.7 Å². The smallest absolute Gasteiger partial charge is 0.308 e. The Bertz CT molecular complexity index is 914. The van der Waals surface area contributed by atoms with Gasteiger partial charge in [-0.1, -0.05) is 30.7 Å². The molecule has 2 aromatic carbocycles. The predicted octanol–water partition coefficient (Wildman–Crippen LogP) is 4.29. The molecule has 154 valence electrons. The highest BCUT2D eigenvalue weighted by atomic mass is 35.5. The van der Waals surface area contributed by atoms with Crippen LogP contribution in [0.15, 0.2) is 36.4 Å². The summed E-state index contributed by atoms with van der Waals surface area (Å²) in [6.07, 6.45) is -1.07. The molecule has 1 N–H and O–H groups in total. The van der Waals surface area contributed by atoms with E-state index in [4.69, 9.17) is 25.8 Å². The summed E-state index contributed by atoms with van der Waals surface area (Å²) in [7, 11) is 1.62. The molecule has 1 aliphatic heterocycles. The molecule has 0 aromatic heterocycles. The average molecular weight is 418 g/mol. The molecule has 2 atom stereocenters. The molecular weight excluding hydrogens is 394 g/mol. The Hall–Kier alpha value is -2.57. The van der Waals surface area contributed by atoms with Crippen molar-refractivity contribution in [2.24, 2.45) is 0 Å². The van der Waals surface area contributed by atoms with Gasteiger partial charge in [0.15, 0.2) is 0 Å². The van der Waals surface area contributed by atoms with Gasteiger partial charge in [0.2, 0.25) is 0 Å². The Morgan fingerprint density at radius 3 is 2.69 bits per heavy atom. The number of fused-ring (bicyclic) bond motifs is 1. The molecule has 1 heterocycles. The minimum absolute atomic E-state index is 0.177. The van der Waals surface area contributed by atoms with Crippen molar-refractivity contribution in [2.75, 3.05) is 19.0 Å². The van der Waals surface area contributed by atoms with E-state index in [0.29, 0.717) is 17.1 Å². The fourth-order valence-electron chi connectivity index (χ4n) is 3.53. The molecule has 0 saturated carbocycles. The van der Waals surface area contributed by atoms with Crippen LogP contribution >= 0.6 is 11.6 Å². The lowest BCUT2D eigenvalue weighted by atomic mass is 9.93. The van der Waals surface area contributed by atoms with Crippen LogP contribution < -0.4 is 10.1 Å². The Balaban J connectivity index is 2.10. The van der Waals surface area contributed by atoms with Crippen LogP contribution in [0.4, 0.5) is 5.69 Å².